The Kier molecular flexibility index (Phi) is 6.28. The number of amides is 1. The quantitative estimate of drug-likeness (QED) is 0.496. The maximum atomic E-state index is 12.0. The zero-order chi connectivity index (χ0) is 17.5. The minimum Gasteiger partial charge on any atom is -0.461 e. The van der Waals surface area contributed by atoms with Crippen LogP contribution >= 0.6 is 22.9 Å². The number of halogens is 1. The first-order valence-electron chi connectivity index (χ1n) is 6.94. The summed E-state index contributed by atoms with van der Waals surface area (Å²) in [5.74, 6) is -1.99. The van der Waals surface area contributed by atoms with Crippen LogP contribution in [0.25, 0.3) is 0 Å². The standard InChI is InChI=1S/C15H14ClN3O4S/c1-2-23-14(22)11-9-24-15(19(11)12(20)8-16)18-17-13(21)10-6-4-3-5-7-10/h3-7,9H,2,8H2,1H3,(H,17,21)/b18-15+. The van der Waals surface area contributed by atoms with Crippen LogP contribution in [-0.4, -0.2) is 34.8 Å². The summed E-state index contributed by atoms with van der Waals surface area (Å²) < 4.78 is 5.92. The number of ether oxygens (including phenoxy) is 1. The third-order valence-corrected chi connectivity index (χ3v) is 3.90. The van der Waals surface area contributed by atoms with Gasteiger partial charge < -0.3 is 4.74 Å². The second-order valence-electron chi connectivity index (χ2n) is 4.41. The zero-order valence-corrected chi connectivity index (χ0v) is 14.3. The zero-order valence-electron chi connectivity index (χ0n) is 12.7. The van der Waals surface area contributed by atoms with Crippen LogP contribution in [0.5, 0.6) is 0 Å². The van der Waals surface area contributed by atoms with Crippen LogP contribution in [-0.2, 0) is 4.74 Å². The average Bonchev–Trinajstić information content (AvgIpc) is 3.04. The number of esters is 1. The molecule has 0 saturated heterocycles. The van der Waals surface area contributed by atoms with Crippen LogP contribution in [0.3, 0.4) is 0 Å². The molecule has 2 rings (SSSR count). The van der Waals surface area contributed by atoms with E-state index in [9.17, 15) is 14.4 Å². The molecule has 126 valence electrons. The predicted molar refractivity (Wildman–Crippen MR) is 89.1 cm³/mol. The van der Waals surface area contributed by atoms with Crippen molar-refractivity contribution < 1.29 is 19.1 Å². The van der Waals surface area contributed by atoms with Gasteiger partial charge in [0, 0.05) is 10.9 Å². The largest absolute Gasteiger partial charge is 0.461 e. The molecular formula is C15H14ClN3O4S. The number of benzene rings is 1. The summed E-state index contributed by atoms with van der Waals surface area (Å²) >= 11 is 6.59. The smallest absolute Gasteiger partial charge is 0.356 e. The van der Waals surface area contributed by atoms with Gasteiger partial charge >= 0.3 is 5.97 Å². The Morgan fingerprint density at radius 3 is 2.62 bits per heavy atom. The summed E-state index contributed by atoms with van der Waals surface area (Å²) in [6, 6.07) is 8.47. The molecule has 1 aromatic carbocycles. The second kappa shape index (κ2) is 8.42. The molecule has 0 fully saturated rings. The fraction of sp³-hybridized carbons (Fsp3) is 0.200. The molecule has 0 aliphatic rings. The van der Waals surface area contributed by atoms with Crippen molar-refractivity contribution in [1.29, 1.82) is 0 Å². The Bertz CT molecular complexity index is 814. The first-order valence-corrected chi connectivity index (χ1v) is 8.35. The SMILES string of the molecule is CCOC(=O)c1cs/c(=N/NC(=O)c2ccccc2)n1C(=O)CCl. The van der Waals surface area contributed by atoms with Crippen LogP contribution < -0.4 is 10.2 Å². The van der Waals surface area contributed by atoms with Gasteiger partial charge in [-0.15, -0.1) is 28.0 Å². The maximum Gasteiger partial charge on any atom is 0.356 e. The molecule has 0 atom stereocenters. The number of aromatic nitrogens is 1. The molecule has 2 aromatic rings. The Morgan fingerprint density at radius 2 is 2.00 bits per heavy atom. The minimum absolute atomic E-state index is 0.0141. The number of hydrogen-bond acceptors (Lipinski definition) is 6. The monoisotopic (exact) mass is 367 g/mol. The number of alkyl halides is 1. The Morgan fingerprint density at radius 1 is 1.29 bits per heavy atom. The lowest BCUT2D eigenvalue weighted by molar-refractivity contribution is 0.0508. The van der Waals surface area contributed by atoms with Gasteiger partial charge in [-0.1, -0.05) is 18.2 Å². The molecule has 0 unspecified atom stereocenters. The molecule has 7 nitrogen and oxygen atoms in total. The van der Waals surface area contributed by atoms with Crippen molar-refractivity contribution in [3.8, 4) is 0 Å². The second-order valence-corrected chi connectivity index (χ2v) is 5.51. The van der Waals surface area contributed by atoms with E-state index in [1.165, 1.54) is 5.38 Å². The summed E-state index contributed by atoms with van der Waals surface area (Å²) in [5, 5.41) is 5.34. The van der Waals surface area contributed by atoms with Gasteiger partial charge in [0.1, 0.15) is 11.6 Å². The lowest BCUT2D eigenvalue weighted by Crippen LogP contribution is -2.31. The molecule has 0 aliphatic heterocycles. The highest BCUT2D eigenvalue weighted by atomic mass is 35.5. The summed E-state index contributed by atoms with van der Waals surface area (Å²) in [5.41, 5.74) is 2.78. The normalized spacial score (nSPS) is 11.2. The summed E-state index contributed by atoms with van der Waals surface area (Å²) in [4.78, 5) is 36.0. The molecule has 0 radical (unpaired) electrons. The molecule has 0 spiro atoms. The molecule has 1 N–H and O–H groups in total. The van der Waals surface area contributed by atoms with Crippen LogP contribution in [0.15, 0.2) is 40.8 Å². The van der Waals surface area contributed by atoms with E-state index in [2.05, 4.69) is 10.5 Å². The molecular weight excluding hydrogens is 354 g/mol. The van der Waals surface area contributed by atoms with Gasteiger partial charge in [-0.05, 0) is 19.1 Å². The molecule has 0 aliphatic carbocycles. The highest BCUT2D eigenvalue weighted by Crippen LogP contribution is 2.05. The first-order chi connectivity index (χ1) is 11.6. The fourth-order valence-electron chi connectivity index (χ4n) is 1.79. The van der Waals surface area contributed by atoms with E-state index in [0.29, 0.717) is 5.56 Å². The topological polar surface area (TPSA) is 89.8 Å². The molecule has 1 aromatic heterocycles. The Balaban J connectivity index is 2.34. The van der Waals surface area contributed by atoms with Crippen LogP contribution in [0.1, 0.15) is 32.6 Å². The number of thiazole rings is 1. The van der Waals surface area contributed by atoms with E-state index in [1.54, 1.807) is 37.3 Å². The Hall–Kier alpha value is -2.45. The summed E-state index contributed by atoms with van der Waals surface area (Å²) in [6.07, 6.45) is 0. The van der Waals surface area contributed by atoms with Crippen molar-refractivity contribution in [3.05, 3.63) is 51.8 Å². The van der Waals surface area contributed by atoms with Crippen molar-refractivity contribution in [3.63, 3.8) is 0 Å². The third kappa shape index (κ3) is 4.09. The molecule has 24 heavy (non-hydrogen) atoms. The van der Waals surface area contributed by atoms with E-state index in [-0.39, 0.29) is 23.0 Å². The lowest BCUT2D eigenvalue weighted by atomic mass is 10.2. The predicted octanol–water partition coefficient (Wildman–Crippen LogP) is 1.85. The van der Waals surface area contributed by atoms with Gasteiger partial charge in [-0.2, -0.15) is 0 Å². The van der Waals surface area contributed by atoms with Crippen LogP contribution in [0.4, 0.5) is 0 Å². The summed E-state index contributed by atoms with van der Waals surface area (Å²) in [6.45, 7) is 1.82. The number of carbonyl (C=O) groups excluding carboxylic acids is 3. The van der Waals surface area contributed by atoms with Crippen molar-refractivity contribution in [2.45, 2.75) is 6.92 Å². The van der Waals surface area contributed by atoms with E-state index >= 15 is 0 Å². The van der Waals surface area contributed by atoms with Crippen LogP contribution in [0, 0.1) is 0 Å². The van der Waals surface area contributed by atoms with E-state index in [0.717, 1.165) is 15.9 Å². The molecule has 0 saturated carbocycles. The number of nitrogens with one attached hydrogen (secondary N) is 1. The van der Waals surface area contributed by atoms with Crippen LogP contribution in [0.2, 0.25) is 0 Å². The van der Waals surface area contributed by atoms with Crippen molar-refractivity contribution in [2.24, 2.45) is 5.10 Å². The van der Waals surface area contributed by atoms with E-state index < -0.39 is 17.8 Å². The third-order valence-electron chi connectivity index (χ3n) is 2.85. The number of nitrogens with zero attached hydrogens (tertiary/aromatic N) is 2. The van der Waals surface area contributed by atoms with E-state index in [4.69, 9.17) is 16.3 Å². The molecule has 1 heterocycles. The fourth-order valence-corrected chi connectivity index (χ4v) is 2.73. The minimum atomic E-state index is -0.664. The number of carbonyl (C=O) groups is 3. The van der Waals surface area contributed by atoms with Gasteiger partial charge in [0.05, 0.1) is 6.61 Å². The van der Waals surface area contributed by atoms with Gasteiger partial charge in [0.25, 0.3) is 5.91 Å². The molecule has 0 bridgehead atoms. The number of rotatable bonds is 5. The van der Waals surface area contributed by atoms with Gasteiger partial charge in [-0.25, -0.2) is 14.8 Å². The highest BCUT2D eigenvalue weighted by molar-refractivity contribution is 7.07. The maximum absolute atomic E-state index is 12.0. The van der Waals surface area contributed by atoms with Gasteiger partial charge in [0.2, 0.25) is 10.7 Å². The van der Waals surface area contributed by atoms with Gasteiger partial charge in [-0.3, -0.25) is 9.59 Å². The Labute approximate surface area is 146 Å². The van der Waals surface area contributed by atoms with Crippen molar-refractivity contribution >= 4 is 40.7 Å². The first kappa shape index (κ1) is 17.9. The lowest BCUT2D eigenvalue weighted by Gasteiger charge is -2.05. The van der Waals surface area contributed by atoms with Crippen molar-refractivity contribution in [2.75, 3.05) is 12.5 Å². The highest BCUT2D eigenvalue weighted by Gasteiger charge is 2.19. The number of hydrogen-bond donors (Lipinski definition) is 1. The average molecular weight is 368 g/mol. The molecule has 9 heteroatoms. The van der Waals surface area contributed by atoms with E-state index in [1.807, 2.05) is 0 Å². The van der Waals surface area contributed by atoms with Crippen molar-refractivity contribution in [1.82, 2.24) is 9.99 Å². The molecule has 1 amide bonds. The summed E-state index contributed by atoms with van der Waals surface area (Å²) in [7, 11) is 0. The van der Waals surface area contributed by atoms with Gasteiger partial charge in [0.15, 0.2) is 0 Å².